The number of amides is 1. The third-order valence-corrected chi connectivity index (χ3v) is 3.04. The van der Waals surface area contributed by atoms with E-state index < -0.39 is 0 Å². The van der Waals surface area contributed by atoms with Crippen molar-refractivity contribution in [2.24, 2.45) is 5.10 Å². The molecule has 102 valence electrons. The van der Waals surface area contributed by atoms with Gasteiger partial charge in [-0.25, -0.2) is 5.43 Å². The summed E-state index contributed by atoms with van der Waals surface area (Å²) >= 11 is 11.8. The number of carbonyl (C=O) groups excluding carboxylic acids is 1. The van der Waals surface area contributed by atoms with Crippen LogP contribution in [0, 0.1) is 0 Å². The molecule has 0 aliphatic carbocycles. The predicted molar refractivity (Wildman–Crippen MR) is 82.4 cm³/mol. The lowest BCUT2D eigenvalue weighted by Gasteiger charge is -2.01. The van der Waals surface area contributed by atoms with E-state index in [1.54, 1.807) is 42.5 Å². The Hall–Kier alpha value is -2.04. The zero-order valence-electron chi connectivity index (χ0n) is 10.3. The number of hydrogen-bond acceptors (Lipinski definition) is 3. The number of nitrogens with one attached hydrogen (secondary N) is 1. The Labute approximate surface area is 126 Å². The minimum absolute atomic E-state index is 0.348. The van der Waals surface area contributed by atoms with E-state index in [4.69, 9.17) is 28.9 Å². The van der Waals surface area contributed by atoms with E-state index in [1.807, 2.05) is 0 Å². The molecule has 3 N–H and O–H groups in total. The van der Waals surface area contributed by atoms with Crippen molar-refractivity contribution in [3.05, 3.63) is 63.6 Å². The molecule has 0 aliphatic heterocycles. The molecule has 0 saturated carbocycles. The van der Waals surface area contributed by atoms with Crippen LogP contribution in [0.4, 0.5) is 5.69 Å². The van der Waals surface area contributed by atoms with Crippen molar-refractivity contribution in [2.45, 2.75) is 0 Å². The Morgan fingerprint density at radius 1 is 1.20 bits per heavy atom. The average Bonchev–Trinajstić information content (AvgIpc) is 2.41. The number of nitrogens with two attached hydrogens (primary N) is 1. The predicted octanol–water partition coefficient (Wildman–Crippen LogP) is 3.34. The highest BCUT2D eigenvalue weighted by molar-refractivity contribution is 6.36. The average molecular weight is 308 g/mol. The van der Waals surface area contributed by atoms with Crippen LogP contribution in [0.1, 0.15) is 15.9 Å². The first-order valence-electron chi connectivity index (χ1n) is 5.70. The Balaban J connectivity index is 2.04. The van der Waals surface area contributed by atoms with Crippen LogP contribution in [0.15, 0.2) is 47.6 Å². The van der Waals surface area contributed by atoms with Gasteiger partial charge in [0.1, 0.15) is 0 Å². The number of benzene rings is 2. The lowest BCUT2D eigenvalue weighted by molar-refractivity contribution is 0.0955. The Morgan fingerprint density at radius 3 is 2.70 bits per heavy atom. The summed E-state index contributed by atoms with van der Waals surface area (Å²) in [6.07, 6.45) is 1.45. The van der Waals surface area contributed by atoms with Crippen molar-refractivity contribution in [1.82, 2.24) is 5.43 Å². The van der Waals surface area contributed by atoms with Crippen LogP contribution in [0.5, 0.6) is 0 Å². The summed E-state index contributed by atoms with van der Waals surface area (Å²) in [5, 5.41) is 4.84. The molecule has 1 amide bonds. The minimum atomic E-state index is -0.348. The van der Waals surface area contributed by atoms with E-state index >= 15 is 0 Å². The van der Waals surface area contributed by atoms with Gasteiger partial charge in [-0.05, 0) is 30.3 Å². The van der Waals surface area contributed by atoms with Crippen molar-refractivity contribution in [3.63, 3.8) is 0 Å². The summed E-state index contributed by atoms with van der Waals surface area (Å²) in [7, 11) is 0. The molecule has 0 radical (unpaired) electrons. The second-order valence-electron chi connectivity index (χ2n) is 3.99. The fourth-order valence-electron chi connectivity index (χ4n) is 1.51. The van der Waals surface area contributed by atoms with Gasteiger partial charge in [0.25, 0.3) is 5.91 Å². The molecule has 0 heterocycles. The highest BCUT2D eigenvalue weighted by atomic mass is 35.5. The molecule has 2 aromatic carbocycles. The SMILES string of the molecule is Nc1cccc(C(=O)NN=Cc2ccc(Cl)cc2Cl)c1. The fourth-order valence-corrected chi connectivity index (χ4v) is 1.97. The first-order chi connectivity index (χ1) is 9.56. The summed E-state index contributed by atoms with van der Waals surface area (Å²) in [6.45, 7) is 0. The first-order valence-corrected chi connectivity index (χ1v) is 6.46. The fraction of sp³-hybridized carbons (Fsp3) is 0. The molecular weight excluding hydrogens is 297 g/mol. The van der Waals surface area contributed by atoms with Crippen LogP contribution in [-0.2, 0) is 0 Å². The number of nitrogens with zero attached hydrogens (tertiary/aromatic N) is 1. The van der Waals surface area contributed by atoms with Crippen molar-refractivity contribution in [1.29, 1.82) is 0 Å². The highest BCUT2D eigenvalue weighted by Crippen LogP contribution is 2.19. The number of carbonyl (C=O) groups is 1. The number of rotatable bonds is 3. The topological polar surface area (TPSA) is 67.5 Å². The third kappa shape index (κ3) is 3.73. The lowest BCUT2D eigenvalue weighted by atomic mass is 10.2. The van der Waals surface area contributed by atoms with Crippen LogP contribution in [0.2, 0.25) is 10.0 Å². The molecule has 6 heteroatoms. The van der Waals surface area contributed by atoms with Crippen LogP contribution in [0.25, 0.3) is 0 Å². The van der Waals surface area contributed by atoms with Gasteiger partial charge in [0.05, 0.1) is 11.2 Å². The number of anilines is 1. The molecule has 0 bridgehead atoms. The van der Waals surface area contributed by atoms with Gasteiger partial charge in [-0.15, -0.1) is 0 Å². The van der Waals surface area contributed by atoms with E-state index in [0.717, 1.165) is 0 Å². The smallest absolute Gasteiger partial charge is 0.271 e. The third-order valence-electron chi connectivity index (χ3n) is 2.48. The summed E-state index contributed by atoms with van der Waals surface area (Å²) in [6, 6.07) is 11.6. The Morgan fingerprint density at radius 2 is 2.00 bits per heavy atom. The number of nitrogen functional groups attached to an aromatic ring is 1. The van der Waals surface area contributed by atoms with E-state index in [-0.39, 0.29) is 5.91 Å². The van der Waals surface area contributed by atoms with Gasteiger partial charge in [-0.3, -0.25) is 4.79 Å². The largest absolute Gasteiger partial charge is 0.399 e. The van der Waals surface area contributed by atoms with E-state index in [2.05, 4.69) is 10.5 Å². The number of hydrazone groups is 1. The molecule has 0 fully saturated rings. The Bertz CT molecular complexity index is 671. The normalized spacial score (nSPS) is 10.7. The molecule has 0 aliphatic rings. The molecular formula is C14H11Cl2N3O. The van der Waals surface area contributed by atoms with Crippen LogP contribution in [0.3, 0.4) is 0 Å². The zero-order valence-corrected chi connectivity index (χ0v) is 11.8. The second-order valence-corrected chi connectivity index (χ2v) is 4.83. The monoisotopic (exact) mass is 307 g/mol. The van der Waals surface area contributed by atoms with Gasteiger partial charge in [-0.1, -0.05) is 35.3 Å². The van der Waals surface area contributed by atoms with E-state index in [1.165, 1.54) is 6.21 Å². The molecule has 0 aromatic heterocycles. The van der Waals surface area contributed by atoms with Crippen molar-refractivity contribution < 1.29 is 4.79 Å². The molecule has 0 atom stereocenters. The van der Waals surface area contributed by atoms with E-state index in [9.17, 15) is 4.79 Å². The minimum Gasteiger partial charge on any atom is -0.399 e. The van der Waals surface area contributed by atoms with Crippen LogP contribution < -0.4 is 11.2 Å². The molecule has 0 spiro atoms. The van der Waals surface area contributed by atoms with Crippen molar-refractivity contribution in [2.75, 3.05) is 5.73 Å². The zero-order chi connectivity index (χ0) is 14.5. The van der Waals surface area contributed by atoms with Gasteiger partial charge < -0.3 is 5.73 Å². The van der Waals surface area contributed by atoms with Crippen LogP contribution in [-0.4, -0.2) is 12.1 Å². The quantitative estimate of drug-likeness (QED) is 0.519. The van der Waals surface area contributed by atoms with Crippen molar-refractivity contribution >= 4 is 41.0 Å². The van der Waals surface area contributed by atoms with Gasteiger partial charge in [0, 0.05) is 21.8 Å². The van der Waals surface area contributed by atoms with Crippen LogP contribution >= 0.6 is 23.2 Å². The highest BCUT2D eigenvalue weighted by Gasteiger charge is 2.04. The molecule has 2 aromatic rings. The number of hydrogen-bond donors (Lipinski definition) is 2. The number of halogens is 2. The maximum Gasteiger partial charge on any atom is 0.271 e. The summed E-state index contributed by atoms with van der Waals surface area (Å²) in [5.74, 6) is -0.348. The first kappa shape index (κ1) is 14.4. The molecule has 20 heavy (non-hydrogen) atoms. The van der Waals surface area contributed by atoms with Crippen molar-refractivity contribution in [3.8, 4) is 0 Å². The lowest BCUT2D eigenvalue weighted by Crippen LogP contribution is -2.17. The molecule has 4 nitrogen and oxygen atoms in total. The van der Waals surface area contributed by atoms with Gasteiger partial charge in [-0.2, -0.15) is 5.10 Å². The summed E-state index contributed by atoms with van der Waals surface area (Å²) in [5.41, 5.74) is 9.61. The van der Waals surface area contributed by atoms with Gasteiger partial charge >= 0.3 is 0 Å². The molecule has 2 rings (SSSR count). The molecule has 0 saturated heterocycles. The maximum atomic E-state index is 11.8. The van der Waals surface area contributed by atoms with Gasteiger partial charge in [0.2, 0.25) is 0 Å². The second kappa shape index (κ2) is 6.41. The summed E-state index contributed by atoms with van der Waals surface area (Å²) in [4.78, 5) is 11.8. The van der Waals surface area contributed by atoms with E-state index in [0.29, 0.717) is 26.9 Å². The Kier molecular flexibility index (Phi) is 4.61. The molecule has 0 unspecified atom stereocenters. The standard InChI is InChI=1S/C14H11Cl2N3O/c15-11-5-4-10(13(16)7-11)8-18-19-14(20)9-2-1-3-12(17)6-9/h1-8H,17H2,(H,19,20). The van der Waals surface area contributed by atoms with Gasteiger partial charge in [0.15, 0.2) is 0 Å². The maximum absolute atomic E-state index is 11.8. The summed E-state index contributed by atoms with van der Waals surface area (Å²) < 4.78 is 0.